The largest absolute Gasteiger partial charge is 0.376 e. The first kappa shape index (κ1) is 14.7. The van der Waals surface area contributed by atoms with Crippen molar-refractivity contribution in [1.82, 2.24) is 0 Å². The van der Waals surface area contributed by atoms with E-state index in [2.05, 4.69) is 44.2 Å². The normalized spacial score (nSPS) is 40.8. The van der Waals surface area contributed by atoms with E-state index in [9.17, 15) is 0 Å². The smallest absolute Gasteiger partial charge is 0.0875 e. The Bertz CT molecular complexity index is 514. The van der Waals surface area contributed by atoms with Crippen LogP contribution in [0, 0.1) is 23.2 Å². The molecule has 22 heavy (non-hydrogen) atoms. The zero-order valence-electron chi connectivity index (χ0n) is 13.8. The Morgan fingerprint density at radius 1 is 1.23 bits per heavy atom. The van der Waals surface area contributed by atoms with E-state index in [4.69, 9.17) is 9.47 Å². The first-order valence-corrected chi connectivity index (χ1v) is 8.95. The molecule has 1 aromatic carbocycles. The molecular weight excluding hydrogens is 272 g/mol. The number of fused-ring (bicyclic) bond motifs is 3. The Balaban J connectivity index is 1.33. The maximum Gasteiger partial charge on any atom is 0.0875 e. The number of benzene rings is 1. The van der Waals surface area contributed by atoms with Crippen molar-refractivity contribution in [2.75, 3.05) is 6.61 Å². The molecule has 1 heterocycles. The van der Waals surface area contributed by atoms with Gasteiger partial charge in [0.05, 0.1) is 18.8 Å². The van der Waals surface area contributed by atoms with Crippen molar-refractivity contribution in [3.63, 3.8) is 0 Å². The number of rotatable bonds is 5. The number of hydrogen-bond donors (Lipinski definition) is 0. The van der Waals surface area contributed by atoms with Crippen LogP contribution < -0.4 is 0 Å². The van der Waals surface area contributed by atoms with E-state index in [-0.39, 0.29) is 0 Å². The Kier molecular flexibility index (Phi) is 3.78. The summed E-state index contributed by atoms with van der Waals surface area (Å²) in [5, 5.41) is 0. The monoisotopic (exact) mass is 300 g/mol. The fourth-order valence-electron chi connectivity index (χ4n) is 5.39. The van der Waals surface area contributed by atoms with Crippen LogP contribution in [0.25, 0.3) is 0 Å². The van der Waals surface area contributed by atoms with Gasteiger partial charge in [-0.2, -0.15) is 0 Å². The van der Waals surface area contributed by atoms with Crippen LogP contribution in [0.15, 0.2) is 30.3 Å². The second kappa shape index (κ2) is 5.65. The molecule has 0 radical (unpaired) electrons. The highest BCUT2D eigenvalue weighted by atomic mass is 16.6. The summed E-state index contributed by atoms with van der Waals surface area (Å²) in [4.78, 5) is 0. The topological polar surface area (TPSA) is 21.8 Å². The van der Waals surface area contributed by atoms with E-state index < -0.39 is 0 Å². The minimum absolute atomic E-state index is 0.493. The summed E-state index contributed by atoms with van der Waals surface area (Å²) in [6.07, 6.45) is 6.58. The van der Waals surface area contributed by atoms with Gasteiger partial charge in [-0.1, -0.05) is 44.2 Å². The van der Waals surface area contributed by atoms with Gasteiger partial charge in [0.1, 0.15) is 0 Å². The highest BCUT2D eigenvalue weighted by Gasteiger charge is 2.61. The maximum atomic E-state index is 6.02. The molecule has 0 spiro atoms. The van der Waals surface area contributed by atoms with Gasteiger partial charge in [-0.25, -0.2) is 0 Å². The molecule has 1 aromatic rings. The summed E-state index contributed by atoms with van der Waals surface area (Å²) in [5.41, 5.74) is 1.77. The van der Waals surface area contributed by atoms with Crippen molar-refractivity contribution in [3.8, 4) is 0 Å². The molecule has 120 valence electrons. The van der Waals surface area contributed by atoms with Gasteiger partial charge in [-0.3, -0.25) is 0 Å². The van der Waals surface area contributed by atoms with Crippen LogP contribution in [0.4, 0.5) is 0 Å². The molecule has 1 aliphatic heterocycles. The van der Waals surface area contributed by atoms with E-state index in [1.165, 1.54) is 31.2 Å². The average molecular weight is 300 g/mol. The molecule has 0 bridgehead atoms. The van der Waals surface area contributed by atoms with Crippen LogP contribution in [-0.4, -0.2) is 18.8 Å². The Hall–Kier alpha value is -0.860. The molecule has 4 rings (SSSR count). The second-order valence-electron chi connectivity index (χ2n) is 7.95. The van der Waals surface area contributed by atoms with Crippen molar-refractivity contribution < 1.29 is 9.47 Å². The zero-order valence-corrected chi connectivity index (χ0v) is 13.8. The summed E-state index contributed by atoms with van der Waals surface area (Å²) in [6.45, 7) is 6.55. The third kappa shape index (κ3) is 2.51. The van der Waals surface area contributed by atoms with Crippen molar-refractivity contribution in [1.29, 1.82) is 0 Å². The molecular formula is C20H28O2. The van der Waals surface area contributed by atoms with E-state index in [1.54, 1.807) is 0 Å². The molecule has 0 amide bonds. The van der Waals surface area contributed by atoms with Crippen LogP contribution in [-0.2, 0) is 16.1 Å². The van der Waals surface area contributed by atoms with Crippen LogP contribution in [0.2, 0.25) is 0 Å². The SMILES string of the molecule is C[C@H](COCc1ccccc1)[C@H]1CC[C@H]2[C@H]3O[C@H]3CC[C@]12C. The molecule has 2 saturated carbocycles. The van der Waals surface area contributed by atoms with Crippen molar-refractivity contribution in [2.24, 2.45) is 23.2 Å². The van der Waals surface area contributed by atoms with Crippen LogP contribution in [0.1, 0.15) is 45.1 Å². The average Bonchev–Trinajstić information content (AvgIpc) is 3.23. The molecule has 0 aromatic heterocycles. The van der Waals surface area contributed by atoms with Crippen LogP contribution in [0.5, 0.6) is 0 Å². The van der Waals surface area contributed by atoms with Crippen molar-refractivity contribution in [3.05, 3.63) is 35.9 Å². The van der Waals surface area contributed by atoms with Gasteiger partial charge in [0.15, 0.2) is 0 Å². The quantitative estimate of drug-likeness (QED) is 0.750. The summed E-state index contributed by atoms with van der Waals surface area (Å²) in [7, 11) is 0. The molecule has 6 atom stereocenters. The van der Waals surface area contributed by atoms with Crippen molar-refractivity contribution in [2.45, 2.75) is 58.3 Å². The van der Waals surface area contributed by atoms with Gasteiger partial charge < -0.3 is 9.47 Å². The van der Waals surface area contributed by atoms with Gasteiger partial charge in [-0.15, -0.1) is 0 Å². The number of epoxide rings is 1. The summed E-state index contributed by atoms with van der Waals surface area (Å²) in [5.74, 6) is 2.26. The Labute approximate surface area is 134 Å². The number of hydrogen-bond acceptors (Lipinski definition) is 2. The molecule has 2 nitrogen and oxygen atoms in total. The molecule has 0 N–H and O–H groups in total. The highest BCUT2D eigenvalue weighted by Crippen LogP contribution is 2.62. The van der Waals surface area contributed by atoms with Crippen molar-refractivity contribution >= 4 is 0 Å². The lowest BCUT2D eigenvalue weighted by Crippen LogP contribution is -2.39. The summed E-state index contributed by atoms with van der Waals surface area (Å²) in [6, 6.07) is 10.5. The van der Waals surface area contributed by atoms with Gasteiger partial charge >= 0.3 is 0 Å². The van der Waals surface area contributed by atoms with Gasteiger partial charge in [-0.05, 0) is 54.4 Å². The molecule has 3 fully saturated rings. The Morgan fingerprint density at radius 2 is 2.05 bits per heavy atom. The lowest BCUT2D eigenvalue weighted by molar-refractivity contribution is 0.0213. The summed E-state index contributed by atoms with van der Waals surface area (Å²) < 4.78 is 11.9. The Morgan fingerprint density at radius 3 is 2.86 bits per heavy atom. The first-order valence-electron chi connectivity index (χ1n) is 8.95. The van der Waals surface area contributed by atoms with Gasteiger partial charge in [0.2, 0.25) is 0 Å². The minimum Gasteiger partial charge on any atom is -0.376 e. The van der Waals surface area contributed by atoms with Gasteiger partial charge in [0, 0.05) is 6.61 Å². The number of ether oxygens (including phenoxy) is 2. The zero-order chi connectivity index (χ0) is 15.2. The predicted molar refractivity (Wildman–Crippen MR) is 87.5 cm³/mol. The molecule has 1 saturated heterocycles. The lowest BCUT2D eigenvalue weighted by atomic mass is 9.63. The van der Waals surface area contributed by atoms with Gasteiger partial charge in [0.25, 0.3) is 0 Å². The highest BCUT2D eigenvalue weighted by molar-refractivity contribution is 5.13. The third-order valence-electron chi connectivity index (χ3n) is 6.65. The van der Waals surface area contributed by atoms with Crippen LogP contribution >= 0.6 is 0 Å². The lowest BCUT2D eigenvalue weighted by Gasteiger charge is -2.41. The molecule has 2 aliphatic carbocycles. The predicted octanol–water partition coefficient (Wildman–Crippen LogP) is 4.43. The van der Waals surface area contributed by atoms with Crippen LogP contribution in [0.3, 0.4) is 0 Å². The summed E-state index contributed by atoms with van der Waals surface area (Å²) >= 11 is 0. The molecule has 3 aliphatic rings. The molecule has 0 unspecified atom stereocenters. The fourth-order valence-corrected chi connectivity index (χ4v) is 5.39. The second-order valence-corrected chi connectivity index (χ2v) is 7.95. The standard InChI is InChI=1S/C20H28O2/c1-14(12-21-13-15-6-4-3-5-7-15)16-8-9-17-19-18(22-19)10-11-20(16,17)2/h3-7,14,16-19H,8-13H2,1-2H3/t14-,16-,17+,18+,19-,20-/m1/s1. The van der Waals surface area contributed by atoms with E-state index in [0.717, 1.165) is 25.0 Å². The molecule has 2 heteroatoms. The third-order valence-corrected chi connectivity index (χ3v) is 6.65. The first-order chi connectivity index (χ1) is 10.7. The van der Waals surface area contributed by atoms with E-state index >= 15 is 0 Å². The fraction of sp³-hybridized carbons (Fsp3) is 0.700. The minimum atomic E-state index is 0.493. The van der Waals surface area contributed by atoms with E-state index in [1.807, 2.05) is 0 Å². The van der Waals surface area contributed by atoms with E-state index in [0.29, 0.717) is 23.5 Å². The maximum absolute atomic E-state index is 6.02.